The number of ether oxygens (including phenoxy) is 2. The van der Waals surface area contributed by atoms with Crippen molar-refractivity contribution in [1.82, 2.24) is 10.2 Å². The number of carbonyl (C=O) groups is 5. The molecular formula is C30H38ClFN6O7S. The van der Waals surface area contributed by atoms with Crippen molar-refractivity contribution in [3.05, 3.63) is 45.4 Å². The van der Waals surface area contributed by atoms with Crippen molar-refractivity contribution in [3.63, 3.8) is 0 Å². The quantitative estimate of drug-likeness (QED) is 0.225. The molecule has 0 bridgehead atoms. The number of unbranched alkanes of at least 4 members (excludes halogenated alkanes) is 2. The number of hydrogen-bond acceptors (Lipinski definition) is 10. The zero-order valence-electron chi connectivity index (χ0n) is 25.3. The molecule has 5 N–H and O–H groups in total. The summed E-state index contributed by atoms with van der Waals surface area (Å²) in [6, 6.07) is 6.64. The Morgan fingerprint density at radius 3 is 2.61 bits per heavy atom. The predicted octanol–water partition coefficient (Wildman–Crippen LogP) is 2.64. The zero-order chi connectivity index (χ0) is 33.2. The summed E-state index contributed by atoms with van der Waals surface area (Å²) in [5, 5.41) is 3.11. The fourth-order valence-electron chi connectivity index (χ4n) is 5.20. The number of thiophene rings is 1. The van der Waals surface area contributed by atoms with Crippen LogP contribution in [0.4, 0.5) is 20.6 Å². The first kappa shape index (κ1) is 35.2. The average molecular weight is 681 g/mol. The molecule has 2 atom stereocenters. The number of anilines is 2. The maximum Gasteiger partial charge on any atom is 0.414 e. The highest BCUT2D eigenvalue weighted by Gasteiger charge is 2.38. The fourth-order valence-corrected chi connectivity index (χ4v) is 6.19. The van der Waals surface area contributed by atoms with Gasteiger partial charge in [0.05, 0.1) is 40.6 Å². The molecule has 2 aliphatic heterocycles. The number of carbonyl (C=O) groups excluding carboxylic acids is 5. The van der Waals surface area contributed by atoms with Crippen LogP contribution >= 0.6 is 22.9 Å². The Balaban J connectivity index is 1.38. The average Bonchev–Trinajstić information content (AvgIpc) is 3.63. The van der Waals surface area contributed by atoms with Gasteiger partial charge in [0.25, 0.3) is 11.8 Å². The first-order valence-corrected chi connectivity index (χ1v) is 16.3. The summed E-state index contributed by atoms with van der Waals surface area (Å²) in [6.45, 7) is 1.11. The van der Waals surface area contributed by atoms with Crippen LogP contribution in [-0.4, -0.2) is 92.7 Å². The van der Waals surface area contributed by atoms with Crippen LogP contribution in [0.1, 0.15) is 48.2 Å². The summed E-state index contributed by atoms with van der Waals surface area (Å²) in [5.41, 5.74) is 11.3. The van der Waals surface area contributed by atoms with Crippen molar-refractivity contribution in [2.45, 2.75) is 50.7 Å². The van der Waals surface area contributed by atoms with Crippen molar-refractivity contribution < 1.29 is 37.8 Å². The van der Waals surface area contributed by atoms with Crippen molar-refractivity contribution in [2.75, 3.05) is 55.7 Å². The van der Waals surface area contributed by atoms with Gasteiger partial charge in [-0.2, -0.15) is 0 Å². The number of imide groups is 1. The van der Waals surface area contributed by atoms with Gasteiger partial charge in [-0.25, -0.2) is 9.18 Å². The van der Waals surface area contributed by atoms with Crippen LogP contribution in [0.25, 0.3) is 0 Å². The van der Waals surface area contributed by atoms with Gasteiger partial charge in [-0.3, -0.25) is 29.0 Å². The van der Waals surface area contributed by atoms with Crippen LogP contribution in [0, 0.1) is 5.82 Å². The Morgan fingerprint density at radius 1 is 1.13 bits per heavy atom. The monoisotopic (exact) mass is 680 g/mol. The van der Waals surface area contributed by atoms with E-state index in [1.165, 1.54) is 29.2 Å². The van der Waals surface area contributed by atoms with Crippen LogP contribution in [0.2, 0.25) is 4.34 Å². The number of nitrogens with one attached hydrogen (secondary N) is 1. The number of nitrogens with zero attached hydrogens (tertiary/aromatic N) is 3. The van der Waals surface area contributed by atoms with E-state index in [2.05, 4.69) is 5.32 Å². The minimum absolute atomic E-state index is 0.0155. The lowest BCUT2D eigenvalue weighted by atomic mass is 10.1. The third-order valence-corrected chi connectivity index (χ3v) is 8.83. The Kier molecular flexibility index (Phi) is 12.9. The lowest BCUT2D eigenvalue weighted by Gasteiger charge is -2.27. The van der Waals surface area contributed by atoms with Gasteiger partial charge < -0.3 is 31.2 Å². The second-order valence-electron chi connectivity index (χ2n) is 10.9. The first-order chi connectivity index (χ1) is 22.1. The number of benzene rings is 1. The van der Waals surface area contributed by atoms with Gasteiger partial charge >= 0.3 is 6.09 Å². The van der Waals surface area contributed by atoms with Gasteiger partial charge in [0.2, 0.25) is 11.8 Å². The SMILES string of the molecule is NCCCC[C@H](NCCCCC(=O)N(C[C@H]1CN(c2ccc(N3CCOCC3=O)cc2F)C(=O)O1)C(=O)c1ccc(Cl)s1)C(N)=O. The number of morpholine rings is 1. The topological polar surface area (TPSA) is 178 Å². The molecule has 16 heteroatoms. The molecule has 2 aromatic rings. The highest BCUT2D eigenvalue weighted by atomic mass is 35.5. The maximum atomic E-state index is 15.2. The summed E-state index contributed by atoms with van der Waals surface area (Å²) in [7, 11) is 0. The molecule has 1 aromatic carbocycles. The molecular weight excluding hydrogens is 643 g/mol. The van der Waals surface area contributed by atoms with Gasteiger partial charge in [0.1, 0.15) is 18.5 Å². The summed E-state index contributed by atoms with van der Waals surface area (Å²) in [4.78, 5) is 67.2. The van der Waals surface area contributed by atoms with E-state index in [0.29, 0.717) is 49.0 Å². The summed E-state index contributed by atoms with van der Waals surface area (Å²) in [5.74, 6) is -2.57. The highest BCUT2D eigenvalue weighted by Crippen LogP contribution is 2.30. The smallest absolute Gasteiger partial charge is 0.414 e. The molecule has 0 aliphatic carbocycles. The molecule has 5 amide bonds. The van der Waals surface area contributed by atoms with E-state index in [1.807, 2.05) is 0 Å². The minimum Gasteiger partial charge on any atom is -0.442 e. The van der Waals surface area contributed by atoms with Gasteiger partial charge in [-0.15, -0.1) is 11.3 Å². The molecule has 2 fully saturated rings. The van der Waals surface area contributed by atoms with Crippen molar-refractivity contribution in [1.29, 1.82) is 0 Å². The number of hydrogen-bond donors (Lipinski definition) is 3. The molecule has 1 aromatic heterocycles. The van der Waals surface area contributed by atoms with Crippen LogP contribution < -0.4 is 26.6 Å². The molecule has 4 rings (SSSR count). The normalized spacial score (nSPS) is 17.2. The van der Waals surface area contributed by atoms with Gasteiger partial charge in [0, 0.05) is 18.7 Å². The van der Waals surface area contributed by atoms with E-state index in [4.69, 9.17) is 32.5 Å². The molecule has 0 spiro atoms. The molecule has 250 valence electrons. The van der Waals surface area contributed by atoms with Crippen molar-refractivity contribution >= 4 is 64.0 Å². The van der Waals surface area contributed by atoms with Crippen molar-refractivity contribution in [2.24, 2.45) is 11.5 Å². The molecule has 46 heavy (non-hydrogen) atoms. The Hall–Kier alpha value is -3.63. The lowest BCUT2D eigenvalue weighted by Crippen LogP contribution is -2.43. The van der Waals surface area contributed by atoms with Gasteiger partial charge in [-0.05, 0) is 69.1 Å². The van der Waals surface area contributed by atoms with E-state index < -0.39 is 41.8 Å². The van der Waals surface area contributed by atoms with E-state index in [9.17, 15) is 24.0 Å². The fraction of sp³-hybridized carbons (Fsp3) is 0.500. The molecule has 2 saturated heterocycles. The molecule has 0 radical (unpaired) electrons. The number of amides is 5. The Labute approximate surface area is 274 Å². The lowest BCUT2D eigenvalue weighted by molar-refractivity contribution is -0.129. The van der Waals surface area contributed by atoms with Crippen LogP contribution in [0.5, 0.6) is 0 Å². The van der Waals surface area contributed by atoms with Crippen molar-refractivity contribution in [3.8, 4) is 0 Å². The number of primary amides is 1. The Morgan fingerprint density at radius 2 is 1.93 bits per heavy atom. The third kappa shape index (κ3) is 9.22. The highest BCUT2D eigenvalue weighted by molar-refractivity contribution is 7.18. The van der Waals surface area contributed by atoms with E-state index in [1.54, 1.807) is 6.07 Å². The molecule has 3 heterocycles. The summed E-state index contributed by atoms with van der Waals surface area (Å²) >= 11 is 7.05. The number of nitrogens with two attached hydrogens (primary N) is 2. The van der Waals surface area contributed by atoms with E-state index in [0.717, 1.165) is 34.0 Å². The maximum absolute atomic E-state index is 15.2. The molecule has 0 unspecified atom stereocenters. The second-order valence-corrected chi connectivity index (χ2v) is 12.6. The standard InChI is InChI=1S/C30H38ClFN6O7S/c31-25-10-9-24(46-25)29(42)38(26(39)6-2-4-12-35-22(28(34)41)5-1-3-11-33)17-20-16-37(30(43)45-20)23-8-7-19(15-21(23)32)36-13-14-44-18-27(36)40/h7-10,15,20,22,35H,1-6,11-14,16-18,33H2,(H2,34,41)/t20-,22+/m1/s1. The number of rotatable bonds is 16. The third-order valence-electron chi connectivity index (χ3n) is 7.61. The number of halogens is 2. The first-order valence-electron chi connectivity index (χ1n) is 15.1. The number of cyclic esters (lactones) is 1. The van der Waals surface area contributed by atoms with Crippen LogP contribution in [-0.2, 0) is 23.9 Å². The predicted molar refractivity (Wildman–Crippen MR) is 170 cm³/mol. The van der Waals surface area contributed by atoms with Crippen LogP contribution in [0.15, 0.2) is 30.3 Å². The van der Waals surface area contributed by atoms with Crippen LogP contribution in [0.3, 0.4) is 0 Å². The molecule has 13 nitrogen and oxygen atoms in total. The summed E-state index contributed by atoms with van der Waals surface area (Å²) in [6.07, 6.45) is 1.31. The molecule has 2 aliphatic rings. The second kappa shape index (κ2) is 16.8. The zero-order valence-corrected chi connectivity index (χ0v) is 26.8. The van der Waals surface area contributed by atoms with Gasteiger partial charge in [0.15, 0.2) is 0 Å². The minimum atomic E-state index is -0.928. The van der Waals surface area contributed by atoms with Gasteiger partial charge in [-0.1, -0.05) is 18.0 Å². The van der Waals surface area contributed by atoms with E-state index in [-0.39, 0.29) is 49.1 Å². The Bertz CT molecular complexity index is 1430. The largest absolute Gasteiger partial charge is 0.442 e. The summed E-state index contributed by atoms with van der Waals surface area (Å²) < 4.78 is 26.2. The molecule has 0 saturated carbocycles. The van der Waals surface area contributed by atoms with E-state index >= 15 is 4.39 Å².